The smallest absolute Gasteiger partial charge is 0.223 e. The molecule has 0 aromatic heterocycles. The van der Waals surface area contributed by atoms with Crippen LogP contribution in [0.4, 0.5) is 0 Å². The number of halogens is 1. The van der Waals surface area contributed by atoms with Crippen molar-refractivity contribution in [3.05, 3.63) is 34.9 Å². The minimum absolute atomic E-state index is 0.0810. The molecule has 1 aromatic rings. The maximum absolute atomic E-state index is 12.1. The molecule has 18 heavy (non-hydrogen) atoms. The fourth-order valence-corrected chi connectivity index (χ4v) is 2.82. The van der Waals surface area contributed by atoms with Crippen LogP contribution in [0.25, 0.3) is 0 Å². The van der Waals surface area contributed by atoms with E-state index in [2.05, 4.69) is 5.32 Å². The molecule has 0 aliphatic heterocycles. The Morgan fingerprint density at radius 2 is 2.17 bits per heavy atom. The number of nitrogens with one attached hydrogen (secondary N) is 1. The molecule has 0 saturated heterocycles. The van der Waals surface area contributed by atoms with Gasteiger partial charge in [-0.3, -0.25) is 4.79 Å². The zero-order valence-electron chi connectivity index (χ0n) is 10.4. The highest BCUT2D eigenvalue weighted by Gasteiger charge is 2.31. The fraction of sp³-hybridized carbons (Fsp3) is 0.500. The number of rotatable bonds is 4. The maximum Gasteiger partial charge on any atom is 0.223 e. The molecule has 3 nitrogen and oxygen atoms in total. The monoisotopic (exact) mass is 266 g/mol. The maximum atomic E-state index is 12.1. The van der Waals surface area contributed by atoms with E-state index in [1.165, 1.54) is 0 Å². The van der Waals surface area contributed by atoms with Crippen LogP contribution < -0.4 is 11.1 Å². The van der Waals surface area contributed by atoms with Gasteiger partial charge in [0.15, 0.2) is 0 Å². The Balaban J connectivity index is 1.90. The highest BCUT2D eigenvalue weighted by molar-refractivity contribution is 6.31. The molecule has 2 rings (SSSR count). The van der Waals surface area contributed by atoms with Crippen LogP contribution in [0, 0.1) is 11.8 Å². The van der Waals surface area contributed by atoms with E-state index >= 15 is 0 Å². The molecule has 1 aliphatic carbocycles. The van der Waals surface area contributed by atoms with Gasteiger partial charge in [0.25, 0.3) is 0 Å². The summed E-state index contributed by atoms with van der Waals surface area (Å²) in [5.74, 6) is 0.539. The van der Waals surface area contributed by atoms with E-state index in [1.54, 1.807) is 0 Å². The second-order valence-corrected chi connectivity index (χ2v) is 5.25. The van der Waals surface area contributed by atoms with Crippen molar-refractivity contribution >= 4 is 17.5 Å². The third-order valence-electron chi connectivity index (χ3n) is 3.71. The topological polar surface area (TPSA) is 55.1 Å². The minimum Gasteiger partial charge on any atom is -0.352 e. The average Bonchev–Trinajstić information content (AvgIpc) is 2.86. The lowest BCUT2D eigenvalue weighted by atomic mass is 9.95. The molecule has 1 aliphatic rings. The standard InChI is InChI=1S/C14H19ClN2O/c15-13-7-2-1-4-11(13)9-17-14(18)12-6-3-5-10(12)8-16/h1-2,4,7,10,12H,3,5-6,8-9,16H2,(H,17,18). The van der Waals surface area contributed by atoms with Gasteiger partial charge in [-0.2, -0.15) is 0 Å². The number of benzene rings is 1. The lowest BCUT2D eigenvalue weighted by molar-refractivity contribution is -0.126. The normalized spacial score (nSPS) is 23.0. The van der Waals surface area contributed by atoms with Gasteiger partial charge < -0.3 is 11.1 Å². The van der Waals surface area contributed by atoms with Crippen molar-refractivity contribution in [1.29, 1.82) is 0 Å². The molecule has 1 aromatic carbocycles. The van der Waals surface area contributed by atoms with E-state index in [0.29, 0.717) is 24.0 Å². The van der Waals surface area contributed by atoms with Gasteiger partial charge in [0, 0.05) is 17.5 Å². The molecular formula is C14H19ClN2O. The van der Waals surface area contributed by atoms with Crippen molar-refractivity contribution in [1.82, 2.24) is 5.32 Å². The third kappa shape index (κ3) is 3.03. The van der Waals surface area contributed by atoms with Gasteiger partial charge in [-0.25, -0.2) is 0 Å². The summed E-state index contributed by atoms with van der Waals surface area (Å²) in [7, 11) is 0. The van der Waals surface area contributed by atoms with E-state index in [4.69, 9.17) is 17.3 Å². The summed E-state index contributed by atoms with van der Waals surface area (Å²) < 4.78 is 0. The van der Waals surface area contributed by atoms with Crippen LogP contribution in [-0.4, -0.2) is 12.5 Å². The summed E-state index contributed by atoms with van der Waals surface area (Å²) in [4.78, 5) is 12.1. The Hall–Kier alpha value is -1.06. The first-order valence-electron chi connectivity index (χ1n) is 6.43. The molecule has 3 N–H and O–H groups in total. The molecule has 4 heteroatoms. The number of hydrogen-bond donors (Lipinski definition) is 2. The summed E-state index contributed by atoms with van der Waals surface area (Å²) in [6.45, 7) is 1.09. The Morgan fingerprint density at radius 1 is 1.39 bits per heavy atom. The second kappa shape index (κ2) is 6.21. The Labute approximate surface area is 113 Å². The summed E-state index contributed by atoms with van der Waals surface area (Å²) in [5, 5.41) is 3.66. The number of carbonyl (C=O) groups is 1. The molecule has 2 atom stereocenters. The predicted octanol–water partition coefficient (Wildman–Crippen LogP) is 2.33. The lowest BCUT2D eigenvalue weighted by Crippen LogP contribution is -2.34. The second-order valence-electron chi connectivity index (χ2n) is 4.84. The molecule has 0 radical (unpaired) electrons. The van der Waals surface area contributed by atoms with Crippen LogP contribution in [0.3, 0.4) is 0 Å². The lowest BCUT2D eigenvalue weighted by Gasteiger charge is -2.17. The highest BCUT2D eigenvalue weighted by Crippen LogP contribution is 2.31. The van der Waals surface area contributed by atoms with Crippen molar-refractivity contribution in [2.24, 2.45) is 17.6 Å². The van der Waals surface area contributed by atoms with Gasteiger partial charge in [0.05, 0.1) is 0 Å². The van der Waals surface area contributed by atoms with Crippen molar-refractivity contribution in [2.45, 2.75) is 25.8 Å². The van der Waals surface area contributed by atoms with E-state index in [-0.39, 0.29) is 11.8 Å². The van der Waals surface area contributed by atoms with E-state index < -0.39 is 0 Å². The summed E-state index contributed by atoms with van der Waals surface area (Å²) in [5.41, 5.74) is 6.65. The summed E-state index contributed by atoms with van der Waals surface area (Å²) in [6, 6.07) is 7.57. The predicted molar refractivity (Wildman–Crippen MR) is 73.2 cm³/mol. The Kier molecular flexibility index (Phi) is 4.61. The molecule has 1 fully saturated rings. The van der Waals surface area contributed by atoms with Gasteiger partial charge in [-0.05, 0) is 36.9 Å². The first-order chi connectivity index (χ1) is 8.72. The molecule has 0 spiro atoms. The minimum atomic E-state index is 0.0810. The van der Waals surface area contributed by atoms with Crippen molar-refractivity contribution in [2.75, 3.05) is 6.54 Å². The largest absolute Gasteiger partial charge is 0.352 e. The van der Waals surface area contributed by atoms with Crippen LogP contribution in [0.5, 0.6) is 0 Å². The van der Waals surface area contributed by atoms with Crippen LogP contribution in [0.15, 0.2) is 24.3 Å². The van der Waals surface area contributed by atoms with Gasteiger partial charge in [0.1, 0.15) is 0 Å². The third-order valence-corrected chi connectivity index (χ3v) is 4.08. The molecule has 2 unspecified atom stereocenters. The Bertz CT molecular complexity index is 422. The van der Waals surface area contributed by atoms with Crippen molar-refractivity contribution < 1.29 is 4.79 Å². The summed E-state index contributed by atoms with van der Waals surface area (Å²) in [6.07, 6.45) is 3.13. The van der Waals surface area contributed by atoms with Crippen LogP contribution in [0.2, 0.25) is 5.02 Å². The zero-order valence-corrected chi connectivity index (χ0v) is 11.1. The summed E-state index contributed by atoms with van der Waals surface area (Å²) >= 11 is 6.05. The van der Waals surface area contributed by atoms with Gasteiger partial charge in [-0.15, -0.1) is 0 Å². The van der Waals surface area contributed by atoms with E-state index in [9.17, 15) is 4.79 Å². The first kappa shape index (κ1) is 13.4. The quantitative estimate of drug-likeness (QED) is 0.879. The highest BCUT2D eigenvalue weighted by atomic mass is 35.5. The molecular weight excluding hydrogens is 248 g/mol. The fourth-order valence-electron chi connectivity index (χ4n) is 2.62. The number of carbonyl (C=O) groups excluding carboxylic acids is 1. The van der Waals surface area contributed by atoms with Gasteiger partial charge in [0.2, 0.25) is 5.91 Å². The van der Waals surface area contributed by atoms with Crippen molar-refractivity contribution in [3.63, 3.8) is 0 Å². The molecule has 0 bridgehead atoms. The number of amides is 1. The number of nitrogens with two attached hydrogens (primary N) is 1. The van der Waals surface area contributed by atoms with Crippen LogP contribution in [0.1, 0.15) is 24.8 Å². The molecule has 1 amide bonds. The van der Waals surface area contributed by atoms with Gasteiger partial charge >= 0.3 is 0 Å². The van der Waals surface area contributed by atoms with Crippen molar-refractivity contribution in [3.8, 4) is 0 Å². The zero-order chi connectivity index (χ0) is 13.0. The molecule has 1 saturated carbocycles. The average molecular weight is 267 g/mol. The van der Waals surface area contributed by atoms with E-state index in [0.717, 1.165) is 24.8 Å². The van der Waals surface area contributed by atoms with Crippen LogP contribution >= 0.6 is 11.6 Å². The molecule has 98 valence electrons. The Morgan fingerprint density at radius 3 is 2.89 bits per heavy atom. The molecule has 0 heterocycles. The van der Waals surface area contributed by atoms with Gasteiger partial charge in [-0.1, -0.05) is 36.2 Å². The first-order valence-corrected chi connectivity index (χ1v) is 6.81. The van der Waals surface area contributed by atoms with Crippen LogP contribution in [-0.2, 0) is 11.3 Å². The van der Waals surface area contributed by atoms with E-state index in [1.807, 2.05) is 24.3 Å². The number of hydrogen-bond acceptors (Lipinski definition) is 2. The SMILES string of the molecule is NCC1CCCC1C(=O)NCc1ccccc1Cl.